The van der Waals surface area contributed by atoms with Gasteiger partial charge in [0.2, 0.25) is 0 Å². The van der Waals surface area contributed by atoms with Crippen LogP contribution in [0.2, 0.25) is 0 Å². The van der Waals surface area contributed by atoms with Crippen molar-refractivity contribution in [3.63, 3.8) is 0 Å². The molecule has 22 heavy (non-hydrogen) atoms. The molecule has 0 saturated carbocycles. The van der Waals surface area contributed by atoms with Crippen LogP contribution < -0.4 is 10.6 Å². The molecule has 5 heteroatoms. The molecule has 5 nitrogen and oxygen atoms in total. The van der Waals surface area contributed by atoms with Crippen LogP contribution in [0.15, 0.2) is 42.5 Å². The van der Waals surface area contributed by atoms with Gasteiger partial charge in [0.25, 0.3) is 5.91 Å². The standard InChI is InChI=1S/C17H13N3O2/c21-8-10-3-1-4-11(7-10)15-16-14-12(17(22)19-9-18-16)5-2-6-13(14)20-15/h1-8,18,20H,9H2,(H,19,22). The SMILES string of the molecule is O=Cc1cccc(-c2[nH]c3cccc4c3c2NCNC4=O)c1. The van der Waals surface area contributed by atoms with Crippen LogP contribution in [0.4, 0.5) is 5.69 Å². The van der Waals surface area contributed by atoms with Crippen molar-refractivity contribution in [2.24, 2.45) is 0 Å². The van der Waals surface area contributed by atoms with E-state index in [4.69, 9.17) is 0 Å². The first kappa shape index (κ1) is 12.6. The van der Waals surface area contributed by atoms with E-state index in [9.17, 15) is 9.59 Å². The Bertz CT molecular complexity index is 911. The van der Waals surface area contributed by atoms with Crippen molar-refractivity contribution in [2.45, 2.75) is 0 Å². The summed E-state index contributed by atoms with van der Waals surface area (Å²) in [4.78, 5) is 26.5. The normalized spacial score (nSPS) is 13.4. The molecule has 2 aromatic carbocycles. The number of hydrogen-bond acceptors (Lipinski definition) is 3. The van der Waals surface area contributed by atoms with E-state index < -0.39 is 0 Å². The minimum Gasteiger partial charge on any atom is -0.366 e. The van der Waals surface area contributed by atoms with E-state index in [0.29, 0.717) is 17.8 Å². The Morgan fingerprint density at radius 2 is 1.91 bits per heavy atom. The van der Waals surface area contributed by atoms with Gasteiger partial charge in [0, 0.05) is 22.0 Å². The van der Waals surface area contributed by atoms with E-state index in [2.05, 4.69) is 15.6 Å². The summed E-state index contributed by atoms with van der Waals surface area (Å²) in [6, 6.07) is 13.0. The van der Waals surface area contributed by atoms with Gasteiger partial charge in [-0.05, 0) is 18.2 Å². The number of benzene rings is 2. The van der Waals surface area contributed by atoms with Crippen LogP contribution in [0, 0.1) is 0 Å². The van der Waals surface area contributed by atoms with Gasteiger partial charge >= 0.3 is 0 Å². The number of aromatic nitrogens is 1. The second kappa shape index (κ2) is 4.73. The van der Waals surface area contributed by atoms with Crippen LogP contribution in [-0.2, 0) is 0 Å². The van der Waals surface area contributed by atoms with Gasteiger partial charge in [-0.3, -0.25) is 9.59 Å². The van der Waals surface area contributed by atoms with Crippen molar-refractivity contribution >= 4 is 28.8 Å². The van der Waals surface area contributed by atoms with Gasteiger partial charge in [-0.25, -0.2) is 0 Å². The highest BCUT2D eigenvalue weighted by atomic mass is 16.1. The van der Waals surface area contributed by atoms with Gasteiger partial charge in [-0.2, -0.15) is 0 Å². The van der Waals surface area contributed by atoms with Crippen LogP contribution in [0.1, 0.15) is 20.7 Å². The molecule has 3 aromatic rings. The lowest BCUT2D eigenvalue weighted by molar-refractivity contribution is 0.0958. The third kappa shape index (κ3) is 1.79. The fourth-order valence-corrected chi connectivity index (χ4v) is 2.91. The number of aldehydes is 1. The predicted octanol–water partition coefficient (Wildman–Crippen LogP) is 2.76. The molecule has 0 radical (unpaired) electrons. The van der Waals surface area contributed by atoms with Crippen molar-refractivity contribution < 1.29 is 9.59 Å². The van der Waals surface area contributed by atoms with Crippen molar-refractivity contribution in [3.05, 3.63) is 53.6 Å². The van der Waals surface area contributed by atoms with Gasteiger partial charge in [0.05, 0.1) is 23.6 Å². The molecule has 0 aliphatic carbocycles. The maximum Gasteiger partial charge on any atom is 0.253 e. The van der Waals surface area contributed by atoms with Crippen LogP contribution in [-0.4, -0.2) is 23.8 Å². The van der Waals surface area contributed by atoms with Gasteiger partial charge in [-0.15, -0.1) is 0 Å². The van der Waals surface area contributed by atoms with Crippen molar-refractivity contribution in [1.29, 1.82) is 0 Å². The molecule has 0 bridgehead atoms. The number of amides is 1. The molecule has 1 aliphatic heterocycles. The molecule has 1 aromatic heterocycles. The second-order valence-electron chi connectivity index (χ2n) is 5.21. The van der Waals surface area contributed by atoms with Crippen LogP contribution in [0.25, 0.3) is 22.2 Å². The Morgan fingerprint density at radius 1 is 1.05 bits per heavy atom. The Balaban J connectivity index is 2.02. The number of carbonyl (C=O) groups is 2. The Morgan fingerprint density at radius 3 is 2.77 bits per heavy atom. The second-order valence-corrected chi connectivity index (χ2v) is 5.21. The molecule has 0 unspecified atom stereocenters. The number of carbonyl (C=O) groups excluding carboxylic acids is 2. The fraction of sp³-hybridized carbons (Fsp3) is 0.0588. The topological polar surface area (TPSA) is 74.0 Å². The Labute approximate surface area is 126 Å². The molecule has 1 aliphatic rings. The third-order valence-electron chi connectivity index (χ3n) is 3.89. The van der Waals surface area contributed by atoms with Crippen molar-refractivity contribution in [1.82, 2.24) is 10.3 Å². The molecule has 0 fully saturated rings. The minimum absolute atomic E-state index is 0.0935. The average molecular weight is 291 g/mol. The number of rotatable bonds is 2. The number of aromatic amines is 1. The summed E-state index contributed by atoms with van der Waals surface area (Å²) < 4.78 is 0. The first-order chi connectivity index (χ1) is 10.8. The molecule has 4 rings (SSSR count). The maximum atomic E-state index is 12.1. The summed E-state index contributed by atoms with van der Waals surface area (Å²) >= 11 is 0. The molecule has 2 heterocycles. The zero-order valence-electron chi connectivity index (χ0n) is 11.6. The molecule has 3 N–H and O–H groups in total. The summed E-state index contributed by atoms with van der Waals surface area (Å²) in [5, 5.41) is 6.95. The molecule has 0 atom stereocenters. The average Bonchev–Trinajstić information content (AvgIpc) is 2.84. The molecule has 0 spiro atoms. The lowest BCUT2D eigenvalue weighted by Crippen LogP contribution is -2.26. The lowest BCUT2D eigenvalue weighted by atomic mass is 10.0. The molecule has 0 saturated heterocycles. The van der Waals surface area contributed by atoms with Gasteiger partial charge < -0.3 is 15.6 Å². The van der Waals surface area contributed by atoms with E-state index in [1.54, 1.807) is 6.07 Å². The summed E-state index contributed by atoms with van der Waals surface area (Å²) in [7, 11) is 0. The van der Waals surface area contributed by atoms with E-state index in [1.165, 1.54) is 0 Å². The first-order valence-corrected chi connectivity index (χ1v) is 7.00. The molecular formula is C17H13N3O2. The molecular weight excluding hydrogens is 278 g/mol. The number of H-pyrrole nitrogens is 1. The summed E-state index contributed by atoms with van der Waals surface area (Å²) in [6.07, 6.45) is 0.827. The highest BCUT2D eigenvalue weighted by Crippen LogP contribution is 2.37. The number of anilines is 1. The fourth-order valence-electron chi connectivity index (χ4n) is 2.91. The molecule has 1 amide bonds. The van der Waals surface area contributed by atoms with Gasteiger partial charge in [0.1, 0.15) is 6.29 Å². The Kier molecular flexibility index (Phi) is 2.72. The van der Waals surface area contributed by atoms with Crippen molar-refractivity contribution in [3.8, 4) is 11.3 Å². The zero-order chi connectivity index (χ0) is 15.1. The van der Waals surface area contributed by atoms with Crippen LogP contribution >= 0.6 is 0 Å². The Hall–Kier alpha value is -3.08. The number of hydrogen-bond donors (Lipinski definition) is 3. The largest absolute Gasteiger partial charge is 0.366 e. The smallest absolute Gasteiger partial charge is 0.253 e. The van der Waals surface area contributed by atoms with Gasteiger partial charge in [-0.1, -0.05) is 24.3 Å². The lowest BCUT2D eigenvalue weighted by Gasteiger charge is -2.07. The van der Waals surface area contributed by atoms with Crippen LogP contribution in [0.3, 0.4) is 0 Å². The summed E-state index contributed by atoms with van der Waals surface area (Å²) in [6.45, 7) is 0.362. The monoisotopic (exact) mass is 291 g/mol. The first-order valence-electron chi connectivity index (χ1n) is 7.00. The van der Waals surface area contributed by atoms with E-state index in [-0.39, 0.29) is 5.91 Å². The quantitative estimate of drug-likeness (QED) is 0.636. The highest BCUT2D eigenvalue weighted by molar-refractivity contribution is 6.15. The molecule has 108 valence electrons. The highest BCUT2D eigenvalue weighted by Gasteiger charge is 2.21. The maximum absolute atomic E-state index is 12.1. The van der Waals surface area contributed by atoms with Gasteiger partial charge in [0.15, 0.2) is 0 Å². The third-order valence-corrected chi connectivity index (χ3v) is 3.89. The van der Waals surface area contributed by atoms with Crippen molar-refractivity contribution in [2.75, 3.05) is 12.0 Å². The summed E-state index contributed by atoms with van der Waals surface area (Å²) in [5.41, 5.74) is 4.82. The van der Waals surface area contributed by atoms with E-state index >= 15 is 0 Å². The van der Waals surface area contributed by atoms with E-state index in [1.807, 2.05) is 36.4 Å². The predicted molar refractivity (Wildman–Crippen MR) is 85.1 cm³/mol. The van der Waals surface area contributed by atoms with Crippen LogP contribution in [0.5, 0.6) is 0 Å². The minimum atomic E-state index is -0.0935. The zero-order valence-corrected chi connectivity index (χ0v) is 11.6. The van der Waals surface area contributed by atoms with E-state index in [0.717, 1.165) is 34.1 Å². The summed E-state index contributed by atoms with van der Waals surface area (Å²) in [5.74, 6) is -0.0935. The number of nitrogens with one attached hydrogen (secondary N) is 3.